The van der Waals surface area contributed by atoms with Gasteiger partial charge in [0.2, 0.25) is 0 Å². The van der Waals surface area contributed by atoms with Crippen LogP contribution in [0.4, 0.5) is 0 Å². The molecule has 0 atom stereocenters. The molecule has 0 unspecified atom stereocenters. The summed E-state index contributed by atoms with van der Waals surface area (Å²) >= 11 is 0. The summed E-state index contributed by atoms with van der Waals surface area (Å²) in [4.78, 5) is 38.7. The minimum Gasteiger partial charge on any atom is -0.462 e. The van der Waals surface area contributed by atoms with Crippen LogP contribution in [0.3, 0.4) is 0 Å². The summed E-state index contributed by atoms with van der Waals surface area (Å²) in [5, 5.41) is 0. The zero-order valence-electron chi connectivity index (χ0n) is 18.0. The predicted octanol–water partition coefficient (Wildman–Crippen LogP) is 4.22. The summed E-state index contributed by atoms with van der Waals surface area (Å²) in [6.07, 6.45) is 1.79. The monoisotopic (exact) mass is 385 g/mol. The second-order valence-electron chi connectivity index (χ2n) is 9.64. The van der Waals surface area contributed by atoms with Crippen molar-refractivity contribution in [3.63, 3.8) is 0 Å². The highest BCUT2D eigenvalue weighted by Gasteiger charge is 2.36. The molecule has 152 valence electrons. The summed E-state index contributed by atoms with van der Waals surface area (Å²) in [6, 6.07) is 5.67. The van der Waals surface area contributed by atoms with Crippen LogP contribution in [0.25, 0.3) is 0 Å². The van der Waals surface area contributed by atoms with Gasteiger partial charge in [0.1, 0.15) is 0 Å². The Kier molecular flexibility index (Phi) is 6.17. The second-order valence-corrected chi connectivity index (χ2v) is 9.64. The largest absolute Gasteiger partial charge is 0.462 e. The highest BCUT2D eigenvalue weighted by Crippen LogP contribution is 2.31. The number of imide groups is 1. The van der Waals surface area contributed by atoms with Crippen molar-refractivity contribution in [2.24, 2.45) is 10.8 Å². The average molecular weight is 386 g/mol. The van der Waals surface area contributed by atoms with E-state index in [4.69, 9.17) is 4.74 Å². The van der Waals surface area contributed by atoms with Crippen molar-refractivity contribution < 1.29 is 19.1 Å². The molecule has 1 aromatic rings. The minimum absolute atomic E-state index is 0.162. The van der Waals surface area contributed by atoms with Gasteiger partial charge < -0.3 is 4.74 Å². The van der Waals surface area contributed by atoms with Gasteiger partial charge in [-0.05, 0) is 36.8 Å². The smallest absolute Gasteiger partial charge is 0.338 e. The van der Waals surface area contributed by atoms with Crippen LogP contribution in [-0.4, -0.2) is 35.8 Å². The van der Waals surface area contributed by atoms with E-state index in [0.29, 0.717) is 24.1 Å². The molecule has 1 aliphatic rings. The summed E-state index contributed by atoms with van der Waals surface area (Å²) < 4.78 is 5.56. The first kappa shape index (κ1) is 21.9. The lowest BCUT2D eigenvalue weighted by atomic mass is 9.86. The number of esters is 1. The summed E-state index contributed by atoms with van der Waals surface area (Å²) in [7, 11) is 0. The number of aryl methyl sites for hydroxylation is 2. The fraction of sp³-hybridized carbons (Fsp3) is 0.522. The van der Waals surface area contributed by atoms with E-state index in [0.717, 1.165) is 11.1 Å². The Morgan fingerprint density at radius 2 is 1.61 bits per heavy atom. The summed E-state index contributed by atoms with van der Waals surface area (Å²) in [5.74, 6) is -0.867. The number of rotatable bonds is 6. The van der Waals surface area contributed by atoms with Crippen LogP contribution < -0.4 is 0 Å². The van der Waals surface area contributed by atoms with Crippen molar-refractivity contribution in [3.05, 3.63) is 46.5 Å². The zero-order chi connectivity index (χ0) is 21.3. The number of hydrogen-bond donors (Lipinski definition) is 0. The molecule has 1 aromatic carbocycles. The van der Waals surface area contributed by atoms with Crippen LogP contribution in [-0.2, 0) is 14.3 Å². The van der Waals surface area contributed by atoms with E-state index in [-0.39, 0.29) is 29.8 Å². The maximum atomic E-state index is 12.6. The molecule has 2 rings (SSSR count). The number of benzene rings is 1. The number of hydrogen-bond acceptors (Lipinski definition) is 4. The number of amides is 2. The molecule has 0 bridgehead atoms. The van der Waals surface area contributed by atoms with Gasteiger partial charge >= 0.3 is 5.97 Å². The molecule has 0 saturated carbocycles. The third kappa shape index (κ3) is 5.31. The van der Waals surface area contributed by atoms with E-state index < -0.39 is 5.41 Å². The van der Waals surface area contributed by atoms with Gasteiger partial charge in [0.05, 0.1) is 12.2 Å². The first-order valence-corrected chi connectivity index (χ1v) is 9.60. The molecule has 0 spiro atoms. The fourth-order valence-corrected chi connectivity index (χ4v) is 3.35. The van der Waals surface area contributed by atoms with E-state index in [2.05, 4.69) is 0 Å². The van der Waals surface area contributed by atoms with E-state index in [1.165, 1.54) is 11.0 Å². The van der Waals surface area contributed by atoms with Gasteiger partial charge in [0, 0.05) is 23.6 Å². The predicted molar refractivity (Wildman–Crippen MR) is 109 cm³/mol. The minimum atomic E-state index is -0.467. The Labute approximate surface area is 167 Å². The summed E-state index contributed by atoms with van der Waals surface area (Å²) in [6.45, 7) is 14.1. The Bertz CT molecular complexity index is 807. The normalized spacial score (nSPS) is 15.1. The molecule has 1 aliphatic heterocycles. The van der Waals surface area contributed by atoms with Crippen molar-refractivity contribution in [2.75, 3.05) is 13.2 Å². The Balaban J connectivity index is 2.02. The molecule has 5 nitrogen and oxygen atoms in total. The fourth-order valence-electron chi connectivity index (χ4n) is 3.35. The highest BCUT2D eigenvalue weighted by molar-refractivity contribution is 6.16. The molecule has 0 radical (unpaired) electrons. The second kappa shape index (κ2) is 7.90. The van der Waals surface area contributed by atoms with Crippen LogP contribution in [0, 0.1) is 24.7 Å². The van der Waals surface area contributed by atoms with Gasteiger partial charge in [-0.25, -0.2) is 4.79 Å². The number of carbonyl (C=O) groups is 3. The maximum absolute atomic E-state index is 12.6. The van der Waals surface area contributed by atoms with Crippen LogP contribution in [0.2, 0.25) is 0 Å². The van der Waals surface area contributed by atoms with Crippen LogP contribution in [0.5, 0.6) is 0 Å². The molecule has 2 amide bonds. The van der Waals surface area contributed by atoms with Crippen molar-refractivity contribution in [3.8, 4) is 0 Å². The van der Waals surface area contributed by atoms with E-state index in [1.807, 2.05) is 66.7 Å². The molecule has 28 heavy (non-hydrogen) atoms. The third-order valence-corrected chi connectivity index (χ3v) is 4.66. The lowest BCUT2D eigenvalue weighted by Gasteiger charge is -2.27. The van der Waals surface area contributed by atoms with Crippen LogP contribution >= 0.6 is 0 Å². The molecule has 0 aromatic heterocycles. The number of ether oxygens (including phenoxy) is 1. The van der Waals surface area contributed by atoms with Crippen LogP contribution in [0.15, 0.2) is 29.8 Å². The van der Waals surface area contributed by atoms with E-state index in [9.17, 15) is 14.4 Å². The van der Waals surface area contributed by atoms with Crippen LogP contribution in [0.1, 0.15) is 62.5 Å². The van der Waals surface area contributed by atoms with E-state index >= 15 is 0 Å². The molecule has 0 saturated heterocycles. The Morgan fingerprint density at radius 1 is 1.04 bits per heavy atom. The Hall–Kier alpha value is -2.43. The van der Waals surface area contributed by atoms with E-state index in [1.54, 1.807) is 0 Å². The molecular formula is C23H31NO4. The van der Waals surface area contributed by atoms with Crippen molar-refractivity contribution in [1.82, 2.24) is 4.90 Å². The molecule has 0 aliphatic carbocycles. The lowest BCUT2D eigenvalue weighted by molar-refractivity contribution is -0.138. The first-order chi connectivity index (χ1) is 12.8. The molecule has 1 heterocycles. The number of carbonyl (C=O) groups excluding carboxylic acids is 3. The lowest BCUT2D eigenvalue weighted by Crippen LogP contribution is -2.38. The Morgan fingerprint density at radius 3 is 2.14 bits per heavy atom. The van der Waals surface area contributed by atoms with Crippen molar-refractivity contribution in [2.45, 2.75) is 54.9 Å². The topological polar surface area (TPSA) is 63.7 Å². The average Bonchev–Trinajstić information content (AvgIpc) is 2.78. The van der Waals surface area contributed by atoms with Gasteiger partial charge in [-0.3, -0.25) is 14.5 Å². The molecule has 0 N–H and O–H groups in total. The number of nitrogens with zero attached hydrogens (tertiary/aromatic N) is 1. The molecule has 5 heteroatoms. The van der Waals surface area contributed by atoms with Crippen molar-refractivity contribution in [1.29, 1.82) is 0 Å². The highest BCUT2D eigenvalue weighted by atomic mass is 16.5. The van der Waals surface area contributed by atoms with Gasteiger partial charge in [0.25, 0.3) is 11.8 Å². The van der Waals surface area contributed by atoms with Crippen molar-refractivity contribution >= 4 is 17.8 Å². The van der Waals surface area contributed by atoms with Gasteiger partial charge in [-0.1, -0.05) is 52.8 Å². The van der Waals surface area contributed by atoms with Gasteiger partial charge in [-0.15, -0.1) is 0 Å². The molecule has 0 fully saturated rings. The zero-order valence-corrected chi connectivity index (χ0v) is 18.0. The maximum Gasteiger partial charge on any atom is 0.338 e. The van der Waals surface area contributed by atoms with Gasteiger partial charge in [0.15, 0.2) is 0 Å². The van der Waals surface area contributed by atoms with Gasteiger partial charge in [-0.2, -0.15) is 0 Å². The quantitative estimate of drug-likeness (QED) is 0.543. The molecular weight excluding hydrogens is 354 g/mol. The standard InChI is InChI=1S/C23H31NO4/c1-15-9-8-10-16(2)19(15)21(27)28-14-23(6,7)12-17-11-18(25)24(20(17)26)13-22(3,4)5/h8-11H,12-14H2,1-7H3. The first-order valence-electron chi connectivity index (χ1n) is 9.60. The summed E-state index contributed by atoms with van der Waals surface area (Å²) in [5.41, 5.74) is 2.18. The SMILES string of the molecule is Cc1cccc(C)c1C(=O)OCC(C)(C)CC1=CC(=O)N(CC(C)(C)C)C1=O. The third-order valence-electron chi connectivity index (χ3n) is 4.66.